The van der Waals surface area contributed by atoms with E-state index in [1.807, 2.05) is 56.3 Å². The highest BCUT2D eigenvalue weighted by atomic mass is 16.5. The Balaban J connectivity index is 2.00. The monoisotopic (exact) mass is 362 g/mol. The van der Waals surface area contributed by atoms with Gasteiger partial charge in [-0.25, -0.2) is 4.79 Å². The van der Waals surface area contributed by atoms with Gasteiger partial charge in [0, 0.05) is 18.8 Å². The molecule has 0 bridgehead atoms. The fourth-order valence-corrected chi connectivity index (χ4v) is 2.89. The molecule has 5 heteroatoms. The maximum absolute atomic E-state index is 11.4. The van der Waals surface area contributed by atoms with Crippen LogP contribution in [0, 0.1) is 0 Å². The number of aliphatic imine (C=N–C) groups is 1. The molecule has 0 aliphatic carbocycles. The SMILES string of the molecule is CNC(=O)Oc1ccc(/N=C/c2c(O)ccc3ccccc23)c(C(C)C)c1. The Morgan fingerprint density at radius 2 is 1.93 bits per heavy atom. The molecule has 27 heavy (non-hydrogen) atoms. The van der Waals surface area contributed by atoms with Crippen LogP contribution in [0.3, 0.4) is 0 Å². The average molecular weight is 362 g/mol. The maximum atomic E-state index is 11.4. The van der Waals surface area contributed by atoms with E-state index >= 15 is 0 Å². The molecule has 0 atom stereocenters. The standard InChI is InChI=1S/C22H22N2O3/c1-14(2)18-12-16(27-22(26)23-3)9-10-20(18)24-13-19-17-7-5-4-6-15(17)8-11-21(19)25/h4-14,25H,1-3H3,(H,23,26)/b24-13+. The lowest BCUT2D eigenvalue weighted by atomic mass is 10.0. The molecule has 3 rings (SSSR count). The summed E-state index contributed by atoms with van der Waals surface area (Å²) in [7, 11) is 1.51. The topological polar surface area (TPSA) is 70.9 Å². The summed E-state index contributed by atoms with van der Waals surface area (Å²) in [5.74, 6) is 0.833. The number of hydrogen-bond acceptors (Lipinski definition) is 4. The van der Waals surface area contributed by atoms with Crippen molar-refractivity contribution in [1.82, 2.24) is 5.32 Å². The summed E-state index contributed by atoms with van der Waals surface area (Å²) in [6.07, 6.45) is 1.17. The Morgan fingerprint density at radius 1 is 1.15 bits per heavy atom. The quantitative estimate of drug-likeness (QED) is 0.632. The molecule has 0 aliphatic rings. The van der Waals surface area contributed by atoms with Crippen molar-refractivity contribution in [2.24, 2.45) is 4.99 Å². The zero-order valence-corrected chi connectivity index (χ0v) is 15.6. The van der Waals surface area contributed by atoms with E-state index in [1.165, 1.54) is 7.05 Å². The van der Waals surface area contributed by atoms with E-state index < -0.39 is 6.09 Å². The molecule has 0 aromatic heterocycles. The van der Waals surface area contributed by atoms with Crippen molar-refractivity contribution in [3.05, 3.63) is 65.7 Å². The minimum atomic E-state index is -0.512. The van der Waals surface area contributed by atoms with Crippen molar-refractivity contribution >= 4 is 28.8 Å². The van der Waals surface area contributed by atoms with Gasteiger partial charge in [-0.15, -0.1) is 0 Å². The number of carbonyl (C=O) groups is 1. The number of amides is 1. The van der Waals surface area contributed by atoms with Crippen LogP contribution in [-0.4, -0.2) is 24.5 Å². The van der Waals surface area contributed by atoms with E-state index in [0.717, 1.165) is 22.0 Å². The first-order valence-corrected chi connectivity index (χ1v) is 8.78. The molecule has 5 nitrogen and oxygen atoms in total. The van der Waals surface area contributed by atoms with Gasteiger partial charge in [-0.05, 0) is 46.5 Å². The second kappa shape index (κ2) is 7.91. The van der Waals surface area contributed by atoms with Gasteiger partial charge in [0.25, 0.3) is 0 Å². The Hall–Kier alpha value is -3.34. The Kier molecular flexibility index (Phi) is 5.41. The number of fused-ring (bicyclic) bond motifs is 1. The average Bonchev–Trinajstić information content (AvgIpc) is 2.67. The molecule has 0 radical (unpaired) electrons. The van der Waals surface area contributed by atoms with Gasteiger partial charge in [-0.1, -0.05) is 44.2 Å². The molecule has 0 unspecified atom stereocenters. The van der Waals surface area contributed by atoms with Crippen molar-refractivity contribution in [2.75, 3.05) is 7.05 Å². The van der Waals surface area contributed by atoms with Crippen LogP contribution in [-0.2, 0) is 0 Å². The van der Waals surface area contributed by atoms with E-state index in [4.69, 9.17) is 4.74 Å². The van der Waals surface area contributed by atoms with Gasteiger partial charge >= 0.3 is 6.09 Å². The van der Waals surface area contributed by atoms with E-state index in [0.29, 0.717) is 11.3 Å². The highest BCUT2D eigenvalue weighted by Crippen LogP contribution is 2.32. The normalized spacial score (nSPS) is 11.3. The molecule has 0 saturated heterocycles. The van der Waals surface area contributed by atoms with Crippen molar-refractivity contribution < 1.29 is 14.6 Å². The number of carbonyl (C=O) groups excluding carboxylic acids is 1. The summed E-state index contributed by atoms with van der Waals surface area (Å²) < 4.78 is 5.21. The Bertz CT molecular complexity index is 1010. The van der Waals surface area contributed by atoms with Crippen LogP contribution in [0.25, 0.3) is 10.8 Å². The molecule has 1 amide bonds. The minimum Gasteiger partial charge on any atom is -0.507 e. The lowest BCUT2D eigenvalue weighted by molar-refractivity contribution is 0.203. The smallest absolute Gasteiger partial charge is 0.412 e. The van der Waals surface area contributed by atoms with Crippen LogP contribution in [0.4, 0.5) is 10.5 Å². The van der Waals surface area contributed by atoms with Gasteiger partial charge in [0.05, 0.1) is 5.69 Å². The number of aromatic hydroxyl groups is 1. The summed E-state index contributed by atoms with van der Waals surface area (Å²) in [5, 5.41) is 14.7. The summed E-state index contributed by atoms with van der Waals surface area (Å²) in [6.45, 7) is 4.10. The van der Waals surface area contributed by atoms with Crippen molar-refractivity contribution in [3.63, 3.8) is 0 Å². The molecule has 138 valence electrons. The number of hydrogen-bond donors (Lipinski definition) is 2. The van der Waals surface area contributed by atoms with E-state index in [1.54, 1.807) is 18.3 Å². The van der Waals surface area contributed by atoms with Crippen molar-refractivity contribution in [3.8, 4) is 11.5 Å². The molecule has 0 fully saturated rings. The number of nitrogens with one attached hydrogen (secondary N) is 1. The first kappa shape index (κ1) is 18.5. The van der Waals surface area contributed by atoms with E-state index in [2.05, 4.69) is 10.3 Å². The van der Waals surface area contributed by atoms with Crippen molar-refractivity contribution in [2.45, 2.75) is 19.8 Å². The van der Waals surface area contributed by atoms with Crippen molar-refractivity contribution in [1.29, 1.82) is 0 Å². The molecule has 0 saturated carbocycles. The molecular weight excluding hydrogens is 340 g/mol. The van der Waals surface area contributed by atoms with Gasteiger partial charge in [0.15, 0.2) is 0 Å². The van der Waals surface area contributed by atoms with Gasteiger partial charge < -0.3 is 15.2 Å². The van der Waals surface area contributed by atoms with Gasteiger partial charge in [-0.3, -0.25) is 4.99 Å². The second-order valence-electron chi connectivity index (χ2n) is 6.49. The first-order chi connectivity index (χ1) is 13.0. The van der Waals surface area contributed by atoms with Gasteiger partial charge in [-0.2, -0.15) is 0 Å². The second-order valence-corrected chi connectivity index (χ2v) is 6.49. The van der Waals surface area contributed by atoms with Crippen LogP contribution < -0.4 is 10.1 Å². The third kappa shape index (κ3) is 4.08. The number of phenolic OH excluding ortho intramolecular Hbond substituents is 1. The Morgan fingerprint density at radius 3 is 2.67 bits per heavy atom. The third-order valence-electron chi connectivity index (χ3n) is 4.32. The predicted octanol–water partition coefficient (Wildman–Crippen LogP) is 5.14. The number of nitrogens with zero attached hydrogens (tertiary/aromatic N) is 1. The minimum absolute atomic E-state index is 0.183. The predicted molar refractivity (Wildman–Crippen MR) is 108 cm³/mol. The summed E-state index contributed by atoms with van der Waals surface area (Å²) in [4.78, 5) is 16.0. The number of ether oxygens (including phenoxy) is 1. The molecule has 3 aromatic rings. The highest BCUT2D eigenvalue weighted by molar-refractivity contribution is 6.03. The van der Waals surface area contributed by atoms with Gasteiger partial charge in [0.2, 0.25) is 0 Å². The molecule has 0 spiro atoms. The van der Waals surface area contributed by atoms with E-state index in [-0.39, 0.29) is 11.7 Å². The summed E-state index contributed by atoms with van der Waals surface area (Å²) in [5.41, 5.74) is 2.39. The first-order valence-electron chi connectivity index (χ1n) is 8.78. The lowest BCUT2D eigenvalue weighted by Crippen LogP contribution is -2.22. The number of phenols is 1. The summed E-state index contributed by atoms with van der Waals surface area (Å²) >= 11 is 0. The highest BCUT2D eigenvalue weighted by Gasteiger charge is 2.11. The van der Waals surface area contributed by atoms with Crippen LogP contribution in [0.2, 0.25) is 0 Å². The summed E-state index contributed by atoms with van der Waals surface area (Å²) in [6, 6.07) is 16.7. The van der Waals surface area contributed by atoms with Crippen LogP contribution >= 0.6 is 0 Å². The molecular formula is C22H22N2O3. The van der Waals surface area contributed by atoms with Gasteiger partial charge in [0.1, 0.15) is 11.5 Å². The van der Waals surface area contributed by atoms with Crippen LogP contribution in [0.1, 0.15) is 30.9 Å². The molecule has 0 heterocycles. The fraction of sp³-hybridized carbons (Fsp3) is 0.182. The largest absolute Gasteiger partial charge is 0.507 e. The molecule has 3 aromatic carbocycles. The Labute approximate surface area is 158 Å². The van der Waals surface area contributed by atoms with Crippen LogP contribution in [0.5, 0.6) is 11.5 Å². The number of benzene rings is 3. The zero-order chi connectivity index (χ0) is 19.4. The van der Waals surface area contributed by atoms with Crippen LogP contribution in [0.15, 0.2) is 59.6 Å². The number of rotatable bonds is 4. The zero-order valence-electron chi connectivity index (χ0n) is 15.6. The third-order valence-corrected chi connectivity index (χ3v) is 4.32. The van der Waals surface area contributed by atoms with E-state index in [9.17, 15) is 9.90 Å². The maximum Gasteiger partial charge on any atom is 0.412 e. The molecule has 2 N–H and O–H groups in total. The molecule has 0 aliphatic heterocycles. The fourth-order valence-electron chi connectivity index (χ4n) is 2.89. The lowest BCUT2D eigenvalue weighted by Gasteiger charge is -2.12.